The number of anilines is 1. The summed E-state index contributed by atoms with van der Waals surface area (Å²) in [6, 6.07) is 6.58. The molecule has 1 atom stereocenters. The molecule has 1 unspecified atom stereocenters. The molecule has 2 N–H and O–H groups in total. The lowest BCUT2D eigenvalue weighted by Crippen LogP contribution is -2.57. The summed E-state index contributed by atoms with van der Waals surface area (Å²) >= 11 is 0. The second-order valence-corrected chi connectivity index (χ2v) is 8.84. The van der Waals surface area contributed by atoms with E-state index in [1.165, 1.54) is 37.2 Å². The molecule has 152 valence electrons. The minimum atomic E-state index is 0.237. The number of hydrogen-bond donors (Lipinski definition) is 1. The zero-order chi connectivity index (χ0) is 19.6. The van der Waals surface area contributed by atoms with Gasteiger partial charge in [0.05, 0.1) is 12.6 Å². The average molecular weight is 384 g/mol. The second kappa shape index (κ2) is 8.21. The lowest BCUT2D eigenvalue weighted by molar-refractivity contribution is 0.0226. The van der Waals surface area contributed by atoms with Gasteiger partial charge in [0, 0.05) is 49.1 Å². The molecule has 1 spiro atoms. The maximum absolute atomic E-state index is 5.74. The van der Waals surface area contributed by atoms with Crippen molar-refractivity contribution in [3.05, 3.63) is 29.3 Å². The van der Waals surface area contributed by atoms with Crippen molar-refractivity contribution in [1.82, 2.24) is 4.90 Å². The number of likely N-dealkylation sites (tertiary alicyclic amines) is 1. The number of benzene rings is 1. The summed E-state index contributed by atoms with van der Waals surface area (Å²) in [5.74, 6) is 5.67. The monoisotopic (exact) mass is 383 g/mol. The molecule has 28 heavy (non-hydrogen) atoms. The van der Waals surface area contributed by atoms with Crippen LogP contribution < -0.4 is 10.7 Å². The Morgan fingerprint density at radius 3 is 2.82 bits per heavy atom. The highest BCUT2D eigenvalue weighted by molar-refractivity contribution is 6.38. The topological polar surface area (TPSA) is 66.5 Å². The fourth-order valence-electron chi connectivity index (χ4n) is 4.88. The number of rotatable bonds is 5. The molecule has 1 aromatic rings. The van der Waals surface area contributed by atoms with Gasteiger partial charge in [-0.3, -0.25) is 4.99 Å². The lowest BCUT2D eigenvalue weighted by atomic mass is 9.78. The number of hydrogen-bond acceptors (Lipinski definition) is 6. The van der Waals surface area contributed by atoms with Crippen LogP contribution in [0, 0.1) is 12.3 Å². The van der Waals surface area contributed by atoms with Crippen molar-refractivity contribution in [3.63, 3.8) is 0 Å². The summed E-state index contributed by atoms with van der Waals surface area (Å²) in [5, 5.41) is 3.98. The Balaban J connectivity index is 1.38. The molecule has 6 nitrogen and oxygen atoms in total. The van der Waals surface area contributed by atoms with Crippen LogP contribution in [0.3, 0.4) is 0 Å². The van der Waals surface area contributed by atoms with Crippen LogP contribution in [0.1, 0.15) is 36.8 Å². The summed E-state index contributed by atoms with van der Waals surface area (Å²) in [4.78, 5) is 9.49. The van der Waals surface area contributed by atoms with E-state index in [1.807, 2.05) is 0 Å². The summed E-state index contributed by atoms with van der Waals surface area (Å²) in [6.07, 6.45) is 6.84. The van der Waals surface area contributed by atoms with Gasteiger partial charge >= 0.3 is 0 Å². The minimum absolute atomic E-state index is 0.237. The third-order valence-electron chi connectivity index (χ3n) is 6.47. The van der Waals surface area contributed by atoms with E-state index >= 15 is 0 Å². The van der Waals surface area contributed by atoms with Gasteiger partial charge in [-0.2, -0.15) is 5.10 Å². The molecule has 4 rings (SSSR count). The van der Waals surface area contributed by atoms with Gasteiger partial charge in [-0.1, -0.05) is 6.07 Å². The summed E-state index contributed by atoms with van der Waals surface area (Å²) in [5.41, 5.74) is 4.78. The zero-order valence-corrected chi connectivity index (χ0v) is 17.2. The largest absolute Gasteiger partial charge is 0.376 e. The molecule has 1 aromatic carbocycles. The molecular formula is C22H33N5O. The summed E-state index contributed by atoms with van der Waals surface area (Å²) < 4.78 is 5.74. The molecule has 0 saturated carbocycles. The first kappa shape index (κ1) is 19.4. The molecule has 3 fully saturated rings. The predicted molar refractivity (Wildman–Crippen MR) is 116 cm³/mol. The molecule has 3 heterocycles. The number of aryl methyl sites for hydroxylation is 1. The Labute approximate surface area is 168 Å². The Morgan fingerprint density at radius 2 is 2.18 bits per heavy atom. The van der Waals surface area contributed by atoms with Gasteiger partial charge in [-0.15, -0.1) is 0 Å². The Morgan fingerprint density at radius 1 is 1.32 bits per heavy atom. The van der Waals surface area contributed by atoms with Crippen molar-refractivity contribution < 1.29 is 4.74 Å². The van der Waals surface area contributed by atoms with Crippen LogP contribution >= 0.6 is 0 Å². The number of nitrogens with zero attached hydrogens (tertiary/aromatic N) is 4. The molecule has 3 saturated heterocycles. The van der Waals surface area contributed by atoms with Gasteiger partial charge in [0.2, 0.25) is 0 Å². The fraction of sp³-hybridized carbons (Fsp3) is 0.636. The van der Waals surface area contributed by atoms with Crippen molar-refractivity contribution in [2.24, 2.45) is 21.4 Å². The van der Waals surface area contributed by atoms with Gasteiger partial charge in [-0.25, -0.2) is 0 Å². The van der Waals surface area contributed by atoms with Crippen molar-refractivity contribution in [2.45, 2.75) is 38.7 Å². The molecular weight excluding hydrogens is 350 g/mol. The molecule has 0 aromatic heterocycles. The SMILES string of the molecule is Cc1cc(N2CC3(CCN(C)C3)C2)ccc1/C(C=NCC1CCCCO1)=N/N. The smallest absolute Gasteiger partial charge is 0.108 e. The normalized spacial score (nSPS) is 25.6. The first-order valence-electron chi connectivity index (χ1n) is 10.5. The number of hydrazone groups is 1. The van der Waals surface area contributed by atoms with Gasteiger partial charge in [-0.05, 0) is 63.9 Å². The van der Waals surface area contributed by atoms with Crippen molar-refractivity contribution in [3.8, 4) is 0 Å². The standard InChI is InChI=1S/C22H33N5O/c1-17-11-18(27-15-22(16-27)8-9-26(2)14-22)6-7-20(17)21(25-23)13-24-12-19-5-3-4-10-28-19/h6-7,11,13,19H,3-5,8-10,12,14-16,23H2,1-2H3/b24-13?,25-21+. The third-order valence-corrected chi connectivity index (χ3v) is 6.47. The second-order valence-electron chi connectivity index (χ2n) is 8.84. The van der Waals surface area contributed by atoms with E-state index in [0.717, 1.165) is 43.8 Å². The van der Waals surface area contributed by atoms with Crippen molar-refractivity contribution >= 4 is 17.6 Å². The van der Waals surface area contributed by atoms with E-state index in [0.29, 0.717) is 12.0 Å². The molecule has 3 aliphatic rings. The first-order chi connectivity index (χ1) is 13.6. The number of aliphatic imine (C=N–C) groups is 1. The molecule has 6 heteroatoms. The van der Waals surface area contributed by atoms with Gasteiger partial charge in [0.15, 0.2) is 0 Å². The quantitative estimate of drug-likeness (QED) is 0.482. The van der Waals surface area contributed by atoms with Crippen LogP contribution in [0.15, 0.2) is 28.3 Å². The molecule has 0 aliphatic carbocycles. The van der Waals surface area contributed by atoms with Crippen LogP contribution in [0.2, 0.25) is 0 Å². The fourth-order valence-corrected chi connectivity index (χ4v) is 4.88. The number of ether oxygens (including phenoxy) is 1. The van der Waals surface area contributed by atoms with E-state index < -0.39 is 0 Å². The minimum Gasteiger partial charge on any atom is -0.376 e. The Bertz CT molecular complexity index is 747. The van der Waals surface area contributed by atoms with Gasteiger partial charge in [0.1, 0.15) is 5.71 Å². The van der Waals surface area contributed by atoms with E-state index in [-0.39, 0.29) is 6.10 Å². The third kappa shape index (κ3) is 4.08. The maximum atomic E-state index is 5.74. The summed E-state index contributed by atoms with van der Waals surface area (Å²) in [7, 11) is 2.23. The van der Waals surface area contributed by atoms with Crippen molar-refractivity contribution in [2.75, 3.05) is 51.3 Å². The van der Waals surface area contributed by atoms with E-state index in [2.05, 4.69) is 52.1 Å². The number of nitrogens with two attached hydrogens (primary N) is 1. The molecule has 0 amide bonds. The highest BCUT2D eigenvalue weighted by Crippen LogP contribution is 2.41. The van der Waals surface area contributed by atoms with Crippen LogP contribution in [0.4, 0.5) is 5.69 Å². The van der Waals surface area contributed by atoms with Crippen LogP contribution in [0.25, 0.3) is 0 Å². The van der Waals surface area contributed by atoms with Gasteiger partial charge in [0.25, 0.3) is 0 Å². The first-order valence-corrected chi connectivity index (χ1v) is 10.5. The van der Waals surface area contributed by atoms with Gasteiger partial charge < -0.3 is 20.4 Å². The van der Waals surface area contributed by atoms with Crippen molar-refractivity contribution in [1.29, 1.82) is 0 Å². The van der Waals surface area contributed by atoms with Crippen LogP contribution in [-0.4, -0.2) is 69.3 Å². The average Bonchev–Trinajstić information content (AvgIpc) is 3.08. The van der Waals surface area contributed by atoms with Crippen LogP contribution in [-0.2, 0) is 4.74 Å². The zero-order valence-electron chi connectivity index (χ0n) is 17.2. The lowest BCUT2D eigenvalue weighted by Gasteiger charge is -2.49. The molecule has 0 radical (unpaired) electrons. The Kier molecular flexibility index (Phi) is 5.69. The predicted octanol–water partition coefficient (Wildman–Crippen LogP) is 2.44. The van der Waals surface area contributed by atoms with E-state index in [9.17, 15) is 0 Å². The van der Waals surface area contributed by atoms with E-state index in [4.69, 9.17) is 10.6 Å². The highest BCUT2D eigenvalue weighted by Gasteiger charge is 2.46. The molecule has 0 bridgehead atoms. The Hall–Kier alpha value is -1.92. The maximum Gasteiger partial charge on any atom is 0.108 e. The highest BCUT2D eigenvalue weighted by atomic mass is 16.5. The van der Waals surface area contributed by atoms with E-state index in [1.54, 1.807) is 6.21 Å². The van der Waals surface area contributed by atoms with Crippen LogP contribution in [0.5, 0.6) is 0 Å². The molecule has 3 aliphatic heterocycles. The summed E-state index contributed by atoms with van der Waals surface area (Å²) in [6.45, 7) is 8.45.